The van der Waals surface area contributed by atoms with Crippen molar-refractivity contribution in [1.29, 1.82) is 0 Å². The number of sulfonamides is 1. The number of hydrogen-bond acceptors (Lipinski definition) is 4. The first-order valence-electron chi connectivity index (χ1n) is 9.03. The van der Waals surface area contributed by atoms with Crippen molar-refractivity contribution in [2.24, 2.45) is 0 Å². The van der Waals surface area contributed by atoms with Crippen molar-refractivity contribution in [1.82, 2.24) is 14.5 Å². The third-order valence-corrected chi connectivity index (χ3v) is 7.09. The van der Waals surface area contributed by atoms with Crippen LogP contribution in [0.3, 0.4) is 0 Å². The maximum Gasteiger partial charge on any atom is 0.325 e. The molecule has 1 fully saturated rings. The second kappa shape index (κ2) is 7.78. The van der Waals surface area contributed by atoms with Gasteiger partial charge in [0, 0.05) is 19.1 Å². The Bertz CT molecular complexity index is 1070. The molecule has 29 heavy (non-hydrogen) atoms. The largest absolute Gasteiger partial charge is 0.325 e. The van der Waals surface area contributed by atoms with Crippen LogP contribution in [0.25, 0.3) is 0 Å². The van der Waals surface area contributed by atoms with Gasteiger partial charge in [0.05, 0.1) is 11.4 Å². The van der Waals surface area contributed by atoms with E-state index in [1.807, 2.05) is 6.92 Å². The van der Waals surface area contributed by atoms with Crippen molar-refractivity contribution >= 4 is 33.6 Å². The number of nitrogens with zero attached hydrogens (tertiary/aromatic N) is 2. The third kappa shape index (κ3) is 3.75. The summed E-state index contributed by atoms with van der Waals surface area (Å²) >= 11 is 6.08. The Morgan fingerprint density at radius 3 is 2.41 bits per heavy atom. The summed E-state index contributed by atoms with van der Waals surface area (Å²) in [4.78, 5) is 27.1. The monoisotopic (exact) mass is 435 g/mol. The van der Waals surface area contributed by atoms with Gasteiger partial charge in [0.1, 0.15) is 5.54 Å². The average Bonchev–Trinajstić information content (AvgIpc) is 2.93. The van der Waals surface area contributed by atoms with Gasteiger partial charge < -0.3 is 5.32 Å². The molecule has 9 heteroatoms. The van der Waals surface area contributed by atoms with E-state index in [1.165, 1.54) is 26.2 Å². The van der Waals surface area contributed by atoms with Crippen LogP contribution in [0.2, 0.25) is 5.02 Å². The number of halogens is 1. The molecule has 3 rings (SSSR count). The summed E-state index contributed by atoms with van der Waals surface area (Å²) in [6, 6.07) is 12.5. The number of nitrogens with one attached hydrogen (secondary N) is 1. The molecule has 0 aromatic heterocycles. The van der Waals surface area contributed by atoms with Gasteiger partial charge in [-0.3, -0.25) is 9.69 Å². The highest BCUT2D eigenvalue weighted by molar-refractivity contribution is 7.89. The van der Waals surface area contributed by atoms with Crippen molar-refractivity contribution in [3.8, 4) is 0 Å². The molecule has 0 radical (unpaired) electrons. The zero-order valence-corrected chi connectivity index (χ0v) is 17.9. The second-order valence-corrected chi connectivity index (χ2v) is 9.61. The van der Waals surface area contributed by atoms with E-state index in [9.17, 15) is 18.0 Å². The third-order valence-electron chi connectivity index (χ3n) is 5.04. The summed E-state index contributed by atoms with van der Waals surface area (Å²) in [5.41, 5.74) is -0.0540. The quantitative estimate of drug-likeness (QED) is 0.707. The Kier molecular flexibility index (Phi) is 5.71. The SMILES string of the molecule is CC[C@@]1(c2cccc(Cl)c2)NC(=O)N(Cc2cccc(S(=O)(=O)N(C)C)c2)C1=O. The van der Waals surface area contributed by atoms with E-state index >= 15 is 0 Å². The van der Waals surface area contributed by atoms with Gasteiger partial charge in [0.2, 0.25) is 10.0 Å². The van der Waals surface area contributed by atoms with Gasteiger partial charge in [0.15, 0.2) is 0 Å². The molecule has 0 bridgehead atoms. The highest BCUT2D eigenvalue weighted by atomic mass is 35.5. The highest BCUT2D eigenvalue weighted by Gasteiger charge is 2.51. The lowest BCUT2D eigenvalue weighted by atomic mass is 9.87. The maximum absolute atomic E-state index is 13.2. The molecule has 1 heterocycles. The first-order chi connectivity index (χ1) is 13.6. The zero-order valence-electron chi connectivity index (χ0n) is 16.3. The summed E-state index contributed by atoms with van der Waals surface area (Å²) in [6.45, 7) is 1.77. The summed E-state index contributed by atoms with van der Waals surface area (Å²) < 4.78 is 25.9. The molecule has 1 saturated heterocycles. The molecule has 0 spiro atoms. The Labute approximate surface area is 175 Å². The van der Waals surface area contributed by atoms with Crippen LogP contribution < -0.4 is 5.32 Å². The van der Waals surface area contributed by atoms with E-state index in [4.69, 9.17) is 11.6 Å². The number of urea groups is 1. The topological polar surface area (TPSA) is 86.8 Å². The minimum atomic E-state index is -3.62. The first kappa shape index (κ1) is 21.3. The van der Waals surface area contributed by atoms with Crippen LogP contribution in [-0.4, -0.2) is 43.7 Å². The normalized spacial score (nSPS) is 19.7. The van der Waals surface area contributed by atoms with Crippen LogP contribution in [0.15, 0.2) is 53.4 Å². The number of carbonyl (C=O) groups is 2. The van der Waals surface area contributed by atoms with Gasteiger partial charge in [-0.05, 0) is 41.8 Å². The summed E-state index contributed by atoms with van der Waals surface area (Å²) in [7, 11) is -0.732. The van der Waals surface area contributed by atoms with Crippen molar-refractivity contribution in [2.45, 2.75) is 30.3 Å². The zero-order chi connectivity index (χ0) is 21.4. The van der Waals surface area contributed by atoms with E-state index in [1.54, 1.807) is 36.4 Å². The molecule has 2 aromatic carbocycles. The van der Waals surface area contributed by atoms with Gasteiger partial charge in [-0.15, -0.1) is 0 Å². The molecule has 0 aliphatic carbocycles. The molecule has 0 saturated carbocycles. The maximum atomic E-state index is 13.2. The molecule has 1 aliphatic rings. The van der Waals surface area contributed by atoms with Gasteiger partial charge in [0.25, 0.3) is 5.91 Å². The molecule has 0 unspecified atom stereocenters. The highest BCUT2D eigenvalue weighted by Crippen LogP contribution is 2.34. The minimum Gasteiger partial charge on any atom is -0.319 e. The molecule has 1 N–H and O–H groups in total. The van der Waals surface area contributed by atoms with Crippen LogP contribution >= 0.6 is 11.6 Å². The van der Waals surface area contributed by atoms with Crippen LogP contribution in [0.5, 0.6) is 0 Å². The summed E-state index contributed by atoms with van der Waals surface area (Å²) in [5, 5.41) is 3.27. The lowest BCUT2D eigenvalue weighted by molar-refractivity contribution is -0.132. The van der Waals surface area contributed by atoms with Crippen LogP contribution in [0.1, 0.15) is 24.5 Å². The summed E-state index contributed by atoms with van der Waals surface area (Å²) in [6.07, 6.45) is 0.351. The lowest BCUT2D eigenvalue weighted by Gasteiger charge is -2.26. The van der Waals surface area contributed by atoms with Gasteiger partial charge in [-0.1, -0.05) is 42.8 Å². The van der Waals surface area contributed by atoms with Crippen LogP contribution in [-0.2, 0) is 26.9 Å². The fourth-order valence-electron chi connectivity index (χ4n) is 3.36. The van der Waals surface area contributed by atoms with Gasteiger partial charge in [-0.2, -0.15) is 0 Å². The van der Waals surface area contributed by atoms with Crippen molar-refractivity contribution in [3.05, 3.63) is 64.7 Å². The molecule has 1 atom stereocenters. The van der Waals surface area contributed by atoms with E-state index in [-0.39, 0.29) is 11.4 Å². The Hall–Kier alpha value is -2.42. The predicted octanol–water partition coefficient (Wildman–Crippen LogP) is 2.95. The number of amides is 3. The summed E-state index contributed by atoms with van der Waals surface area (Å²) in [5.74, 6) is -0.395. The molecule has 1 aliphatic heterocycles. The lowest BCUT2D eigenvalue weighted by Crippen LogP contribution is -2.43. The predicted molar refractivity (Wildman–Crippen MR) is 110 cm³/mol. The smallest absolute Gasteiger partial charge is 0.319 e. The molecular weight excluding hydrogens is 414 g/mol. The van der Waals surface area contributed by atoms with Crippen molar-refractivity contribution in [3.63, 3.8) is 0 Å². The van der Waals surface area contributed by atoms with E-state index in [0.717, 1.165) is 9.21 Å². The molecule has 3 amide bonds. The molecule has 7 nitrogen and oxygen atoms in total. The van der Waals surface area contributed by atoms with Crippen molar-refractivity contribution in [2.75, 3.05) is 14.1 Å². The fraction of sp³-hybridized carbons (Fsp3) is 0.300. The average molecular weight is 436 g/mol. The number of benzene rings is 2. The van der Waals surface area contributed by atoms with Gasteiger partial charge in [-0.25, -0.2) is 17.5 Å². The van der Waals surface area contributed by atoms with E-state index in [2.05, 4.69) is 5.32 Å². The molecule has 2 aromatic rings. The Balaban J connectivity index is 1.94. The number of hydrogen-bond donors (Lipinski definition) is 1. The van der Waals surface area contributed by atoms with Crippen LogP contribution in [0, 0.1) is 0 Å². The first-order valence-corrected chi connectivity index (χ1v) is 10.9. The number of imide groups is 1. The van der Waals surface area contributed by atoms with Gasteiger partial charge >= 0.3 is 6.03 Å². The molecule has 154 valence electrons. The number of carbonyl (C=O) groups excluding carboxylic acids is 2. The van der Waals surface area contributed by atoms with E-state index < -0.39 is 27.5 Å². The molecular formula is C20H22ClN3O4S. The van der Waals surface area contributed by atoms with E-state index in [0.29, 0.717) is 22.6 Å². The number of rotatable bonds is 6. The minimum absolute atomic E-state index is 0.0379. The Morgan fingerprint density at radius 1 is 1.10 bits per heavy atom. The Morgan fingerprint density at radius 2 is 1.79 bits per heavy atom. The van der Waals surface area contributed by atoms with Crippen LogP contribution in [0.4, 0.5) is 4.79 Å². The van der Waals surface area contributed by atoms with Crippen molar-refractivity contribution < 1.29 is 18.0 Å². The second-order valence-electron chi connectivity index (χ2n) is 7.03. The fourth-order valence-corrected chi connectivity index (χ4v) is 4.52. The standard InChI is InChI=1S/C20H22ClN3O4S/c1-4-20(15-8-6-9-16(21)12-15)18(25)24(19(26)22-20)13-14-7-5-10-17(11-14)29(27,28)23(2)3/h5-12H,4,13H2,1-3H3,(H,22,26)/t20-/m0/s1.